The Kier molecular flexibility index (Phi) is 6.10. The van der Waals surface area contributed by atoms with Gasteiger partial charge in [-0.2, -0.15) is 0 Å². The molecule has 0 radical (unpaired) electrons. The predicted molar refractivity (Wildman–Crippen MR) is 108 cm³/mol. The third kappa shape index (κ3) is 4.40. The Morgan fingerprint density at radius 1 is 1.04 bits per heavy atom. The van der Waals surface area contributed by atoms with E-state index in [0.717, 1.165) is 17.0 Å². The summed E-state index contributed by atoms with van der Waals surface area (Å²) in [5, 5.41) is 3.07. The maximum absolute atomic E-state index is 12.6. The molecule has 1 heterocycles. The Morgan fingerprint density at radius 2 is 1.61 bits per heavy atom. The van der Waals surface area contributed by atoms with Crippen molar-refractivity contribution in [3.63, 3.8) is 0 Å². The van der Waals surface area contributed by atoms with Crippen LogP contribution in [-0.4, -0.2) is 39.6 Å². The first-order valence-corrected chi connectivity index (χ1v) is 9.82. The van der Waals surface area contributed by atoms with Crippen LogP contribution >= 0.6 is 0 Å². The van der Waals surface area contributed by atoms with Crippen LogP contribution in [0.15, 0.2) is 59.9 Å². The zero-order chi connectivity index (χ0) is 20.1. The topological polar surface area (TPSA) is 82.4 Å². The van der Waals surface area contributed by atoms with E-state index >= 15 is 0 Å². The van der Waals surface area contributed by atoms with Crippen molar-refractivity contribution in [2.45, 2.75) is 5.16 Å². The van der Waals surface area contributed by atoms with Crippen LogP contribution in [0.5, 0.6) is 11.5 Å². The Labute approximate surface area is 165 Å². The second kappa shape index (κ2) is 8.71. The summed E-state index contributed by atoms with van der Waals surface area (Å²) in [5.74, 6) is 0.918. The summed E-state index contributed by atoms with van der Waals surface area (Å²) in [6.07, 6.45) is 1.65. The Morgan fingerprint density at radius 3 is 2.18 bits per heavy atom. The summed E-state index contributed by atoms with van der Waals surface area (Å²) in [7, 11) is 3.39. The minimum Gasteiger partial charge on any atom is -0.497 e. The van der Waals surface area contributed by atoms with Gasteiger partial charge >= 0.3 is 0 Å². The van der Waals surface area contributed by atoms with Gasteiger partial charge in [-0.05, 0) is 48.5 Å². The predicted octanol–water partition coefficient (Wildman–Crippen LogP) is 2.85. The molecule has 1 N–H and O–H groups in total. The van der Waals surface area contributed by atoms with E-state index in [1.54, 1.807) is 56.3 Å². The molecule has 0 saturated heterocycles. The number of hydrogen-bond donors (Lipinski definition) is 1. The van der Waals surface area contributed by atoms with Crippen molar-refractivity contribution < 1.29 is 18.5 Å². The van der Waals surface area contributed by atoms with E-state index < -0.39 is 10.8 Å². The highest BCUT2D eigenvalue weighted by Gasteiger charge is 2.17. The molecule has 2 aromatic carbocycles. The van der Waals surface area contributed by atoms with Crippen molar-refractivity contribution in [3.8, 4) is 22.8 Å². The first-order valence-electron chi connectivity index (χ1n) is 8.50. The van der Waals surface area contributed by atoms with Gasteiger partial charge in [-0.3, -0.25) is 9.00 Å². The van der Waals surface area contributed by atoms with Crippen LogP contribution in [0.4, 0.5) is 5.69 Å². The number of ether oxygens (including phenoxy) is 2. The Balaban J connectivity index is 1.68. The summed E-state index contributed by atoms with van der Waals surface area (Å²) < 4.78 is 24.6. The molecule has 0 aliphatic carbocycles. The number of nitrogens with zero attached hydrogens (tertiary/aromatic N) is 2. The molecule has 0 saturated carbocycles. The number of imidazole rings is 1. The van der Waals surface area contributed by atoms with Crippen molar-refractivity contribution in [1.82, 2.24) is 9.55 Å². The molecule has 146 valence electrons. The number of benzene rings is 2. The minimum atomic E-state index is -1.57. The molecule has 1 aromatic heterocycles. The lowest BCUT2D eigenvalue weighted by atomic mass is 10.1. The molecule has 7 nitrogen and oxygen atoms in total. The summed E-state index contributed by atoms with van der Waals surface area (Å²) in [6.45, 7) is 0. The fourth-order valence-corrected chi connectivity index (χ4v) is 3.70. The van der Waals surface area contributed by atoms with Gasteiger partial charge in [-0.25, -0.2) is 4.98 Å². The highest BCUT2D eigenvalue weighted by Crippen LogP contribution is 2.24. The van der Waals surface area contributed by atoms with Crippen LogP contribution in [0.1, 0.15) is 0 Å². The molecule has 0 spiro atoms. The number of carbonyl (C=O) groups excluding carboxylic acids is 1. The van der Waals surface area contributed by atoms with Crippen LogP contribution in [0, 0.1) is 0 Å². The van der Waals surface area contributed by atoms with Crippen molar-refractivity contribution in [1.29, 1.82) is 0 Å². The molecule has 1 amide bonds. The third-order valence-electron chi connectivity index (χ3n) is 4.17. The van der Waals surface area contributed by atoms with Gasteiger partial charge in [-0.15, -0.1) is 0 Å². The first-order chi connectivity index (χ1) is 13.5. The van der Waals surface area contributed by atoms with Crippen LogP contribution < -0.4 is 14.8 Å². The second-order valence-electron chi connectivity index (χ2n) is 5.98. The summed E-state index contributed by atoms with van der Waals surface area (Å²) in [6, 6.07) is 14.4. The van der Waals surface area contributed by atoms with Crippen molar-refractivity contribution in [2.75, 3.05) is 25.3 Å². The van der Waals surface area contributed by atoms with E-state index in [2.05, 4.69) is 10.3 Å². The molecule has 1 atom stereocenters. The van der Waals surface area contributed by atoms with Gasteiger partial charge in [0.05, 0.1) is 36.9 Å². The Bertz CT molecular complexity index is 982. The van der Waals surface area contributed by atoms with E-state index in [1.807, 2.05) is 24.3 Å². The zero-order valence-electron chi connectivity index (χ0n) is 15.8. The highest BCUT2D eigenvalue weighted by atomic mass is 32.2. The smallest absolute Gasteiger partial charge is 0.237 e. The van der Waals surface area contributed by atoms with Gasteiger partial charge in [0, 0.05) is 18.3 Å². The maximum atomic E-state index is 12.6. The van der Waals surface area contributed by atoms with Crippen LogP contribution in [-0.2, 0) is 22.6 Å². The third-order valence-corrected chi connectivity index (χ3v) is 5.48. The number of anilines is 1. The molecule has 0 bridgehead atoms. The van der Waals surface area contributed by atoms with Gasteiger partial charge in [0.25, 0.3) is 0 Å². The molecule has 3 aromatic rings. The number of aromatic nitrogens is 2. The number of rotatable bonds is 7. The number of hydrogen-bond acceptors (Lipinski definition) is 5. The number of carbonyl (C=O) groups is 1. The standard InChI is InChI=1S/C20H21N3O4S/c1-23-18(14-4-8-16(26-2)9-5-14)12-21-20(23)28(25)13-19(24)22-15-6-10-17(27-3)11-7-15/h4-12H,13H2,1-3H3,(H,22,24). The Hall–Kier alpha value is -3.13. The monoisotopic (exact) mass is 399 g/mol. The lowest BCUT2D eigenvalue weighted by molar-refractivity contribution is -0.113. The van der Waals surface area contributed by atoms with Crippen molar-refractivity contribution in [2.24, 2.45) is 7.05 Å². The normalized spacial score (nSPS) is 11.7. The van der Waals surface area contributed by atoms with Gasteiger partial charge < -0.3 is 19.4 Å². The fraction of sp³-hybridized carbons (Fsp3) is 0.200. The van der Waals surface area contributed by atoms with Gasteiger partial charge in [0.2, 0.25) is 5.91 Å². The van der Waals surface area contributed by atoms with Crippen molar-refractivity contribution >= 4 is 22.4 Å². The number of nitrogens with one attached hydrogen (secondary N) is 1. The van der Waals surface area contributed by atoms with Gasteiger partial charge in [-0.1, -0.05) is 0 Å². The summed E-state index contributed by atoms with van der Waals surface area (Å²) in [5.41, 5.74) is 2.34. The van der Waals surface area contributed by atoms with Gasteiger partial charge in [0.15, 0.2) is 5.16 Å². The molecule has 0 aliphatic heterocycles. The lowest BCUT2D eigenvalue weighted by Gasteiger charge is -2.08. The molecule has 1 unspecified atom stereocenters. The van der Waals surface area contributed by atoms with E-state index in [9.17, 15) is 9.00 Å². The molecule has 0 fully saturated rings. The van der Waals surface area contributed by atoms with E-state index in [0.29, 0.717) is 16.6 Å². The van der Waals surface area contributed by atoms with E-state index in [-0.39, 0.29) is 11.7 Å². The van der Waals surface area contributed by atoms with Crippen LogP contribution in [0.3, 0.4) is 0 Å². The molecule has 8 heteroatoms. The highest BCUT2D eigenvalue weighted by molar-refractivity contribution is 7.85. The van der Waals surface area contributed by atoms with Gasteiger partial charge in [0.1, 0.15) is 17.3 Å². The lowest BCUT2D eigenvalue weighted by Crippen LogP contribution is -2.21. The number of methoxy groups -OCH3 is 2. The van der Waals surface area contributed by atoms with E-state index in [4.69, 9.17) is 9.47 Å². The average molecular weight is 399 g/mol. The molecular weight excluding hydrogens is 378 g/mol. The van der Waals surface area contributed by atoms with Crippen molar-refractivity contribution in [3.05, 3.63) is 54.7 Å². The van der Waals surface area contributed by atoms with Crippen LogP contribution in [0.2, 0.25) is 0 Å². The quantitative estimate of drug-likeness (QED) is 0.661. The zero-order valence-corrected chi connectivity index (χ0v) is 16.7. The SMILES string of the molecule is COc1ccc(NC(=O)CS(=O)c2ncc(-c3ccc(OC)cc3)n2C)cc1. The molecule has 3 rings (SSSR count). The summed E-state index contributed by atoms with van der Waals surface area (Å²) in [4.78, 5) is 16.5. The second-order valence-corrected chi connectivity index (χ2v) is 7.32. The fourth-order valence-electron chi connectivity index (χ4n) is 2.69. The average Bonchev–Trinajstić information content (AvgIpc) is 3.10. The number of amides is 1. The first kappa shape index (κ1) is 19.6. The largest absolute Gasteiger partial charge is 0.497 e. The summed E-state index contributed by atoms with van der Waals surface area (Å²) >= 11 is 0. The molecule has 28 heavy (non-hydrogen) atoms. The molecular formula is C20H21N3O4S. The van der Waals surface area contributed by atoms with Crippen LogP contribution in [0.25, 0.3) is 11.3 Å². The molecule has 0 aliphatic rings. The minimum absolute atomic E-state index is 0.182. The van der Waals surface area contributed by atoms with E-state index in [1.165, 1.54) is 0 Å². The maximum Gasteiger partial charge on any atom is 0.237 e.